The van der Waals surface area contributed by atoms with Crippen molar-refractivity contribution in [3.8, 4) is 0 Å². The zero-order chi connectivity index (χ0) is 14.9. The van der Waals surface area contributed by atoms with Crippen LogP contribution in [-0.2, 0) is 24.3 Å². The molecule has 0 spiro atoms. The Bertz CT molecular complexity index is 648. The lowest BCUT2D eigenvalue weighted by molar-refractivity contribution is 0.177. The van der Waals surface area contributed by atoms with Gasteiger partial charge >= 0.3 is 0 Å². The maximum Gasteiger partial charge on any atom is 0.176 e. The Labute approximate surface area is 129 Å². The molecule has 22 heavy (non-hydrogen) atoms. The van der Waals surface area contributed by atoms with Gasteiger partial charge in [-0.3, -0.25) is 0 Å². The molecular formula is C16H22N4O2. The van der Waals surface area contributed by atoms with E-state index in [9.17, 15) is 0 Å². The lowest BCUT2D eigenvalue weighted by Crippen LogP contribution is -2.33. The molecule has 0 amide bonds. The van der Waals surface area contributed by atoms with Gasteiger partial charge in [0.05, 0.1) is 12.3 Å². The standard InChI is InChI=1S/C16H22N4O2/c1-21-10-15-18-16-13(5-3-8-20(16)19-15)17-12-4-2-6-14-11(12)7-9-22-14/h7,9,12-13,17H,2-6,8,10H2,1H3/t12-,13-/m1/s1. The van der Waals surface area contributed by atoms with Crippen LogP contribution in [0.1, 0.15) is 60.7 Å². The van der Waals surface area contributed by atoms with Crippen LogP contribution >= 0.6 is 0 Å². The molecule has 0 aromatic carbocycles. The number of rotatable bonds is 4. The van der Waals surface area contributed by atoms with Crippen LogP contribution in [0.3, 0.4) is 0 Å². The van der Waals surface area contributed by atoms with E-state index in [1.165, 1.54) is 12.0 Å². The quantitative estimate of drug-likeness (QED) is 0.940. The monoisotopic (exact) mass is 302 g/mol. The lowest BCUT2D eigenvalue weighted by Gasteiger charge is -2.30. The number of hydrogen-bond donors (Lipinski definition) is 1. The van der Waals surface area contributed by atoms with Gasteiger partial charge < -0.3 is 14.5 Å². The molecule has 2 aliphatic rings. The first-order valence-electron chi connectivity index (χ1n) is 8.10. The van der Waals surface area contributed by atoms with Crippen LogP contribution in [0, 0.1) is 0 Å². The highest BCUT2D eigenvalue weighted by molar-refractivity contribution is 5.24. The third-order valence-corrected chi connectivity index (χ3v) is 4.65. The molecule has 6 heteroatoms. The van der Waals surface area contributed by atoms with Crippen LogP contribution in [0.2, 0.25) is 0 Å². The largest absolute Gasteiger partial charge is 0.469 e. The zero-order valence-corrected chi connectivity index (χ0v) is 12.9. The molecule has 0 radical (unpaired) electrons. The van der Waals surface area contributed by atoms with Crippen LogP contribution in [0.5, 0.6) is 0 Å². The van der Waals surface area contributed by atoms with E-state index in [1.807, 2.05) is 10.9 Å². The van der Waals surface area contributed by atoms with Gasteiger partial charge in [-0.15, -0.1) is 0 Å². The summed E-state index contributed by atoms with van der Waals surface area (Å²) in [4.78, 5) is 4.67. The topological polar surface area (TPSA) is 65.1 Å². The normalized spacial score (nSPS) is 24.0. The molecular weight excluding hydrogens is 280 g/mol. The van der Waals surface area contributed by atoms with Crippen molar-refractivity contribution in [2.45, 2.75) is 57.3 Å². The summed E-state index contributed by atoms with van der Waals surface area (Å²) in [7, 11) is 1.68. The predicted octanol–water partition coefficient (Wildman–Crippen LogP) is 2.52. The second kappa shape index (κ2) is 5.85. The predicted molar refractivity (Wildman–Crippen MR) is 80.2 cm³/mol. The van der Waals surface area contributed by atoms with E-state index < -0.39 is 0 Å². The second-order valence-electron chi connectivity index (χ2n) is 6.15. The number of aromatic nitrogens is 3. The Morgan fingerprint density at radius 1 is 1.36 bits per heavy atom. The lowest BCUT2D eigenvalue weighted by atomic mass is 9.92. The van der Waals surface area contributed by atoms with E-state index in [2.05, 4.69) is 21.5 Å². The fourth-order valence-corrected chi connectivity index (χ4v) is 3.65. The van der Waals surface area contributed by atoms with Gasteiger partial charge in [0.15, 0.2) is 5.82 Å². The van der Waals surface area contributed by atoms with Crippen molar-refractivity contribution in [2.75, 3.05) is 7.11 Å². The molecule has 118 valence electrons. The first kappa shape index (κ1) is 14.0. The minimum absolute atomic E-state index is 0.262. The van der Waals surface area contributed by atoms with Gasteiger partial charge in [-0.2, -0.15) is 5.10 Å². The van der Waals surface area contributed by atoms with Crippen molar-refractivity contribution in [2.24, 2.45) is 0 Å². The number of ether oxygens (including phenoxy) is 1. The summed E-state index contributed by atoms with van der Waals surface area (Å²) in [5, 5.41) is 8.33. The molecule has 2 aromatic rings. The summed E-state index contributed by atoms with van der Waals surface area (Å²) in [5.41, 5.74) is 1.32. The summed E-state index contributed by atoms with van der Waals surface area (Å²) < 4.78 is 12.8. The fourth-order valence-electron chi connectivity index (χ4n) is 3.65. The average molecular weight is 302 g/mol. The molecule has 2 atom stereocenters. The third kappa shape index (κ3) is 2.46. The molecule has 0 saturated carbocycles. The third-order valence-electron chi connectivity index (χ3n) is 4.65. The molecule has 1 N–H and O–H groups in total. The number of nitrogens with one attached hydrogen (secondary N) is 1. The highest BCUT2D eigenvalue weighted by atomic mass is 16.5. The van der Waals surface area contributed by atoms with Gasteiger partial charge in [0.25, 0.3) is 0 Å². The van der Waals surface area contributed by atoms with Crippen LogP contribution in [0.25, 0.3) is 0 Å². The van der Waals surface area contributed by atoms with Gasteiger partial charge in [0, 0.05) is 31.7 Å². The maximum absolute atomic E-state index is 5.59. The number of hydrogen-bond acceptors (Lipinski definition) is 5. The van der Waals surface area contributed by atoms with Gasteiger partial charge in [-0.05, 0) is 31.7 Å². The van der Waals surface area contributed by atoms with E-state index in [0.717, 1.165) is 49.6 Å². The van der Waals surface area contributed by atoms with Crippen LogP contribution in [0.15, 0.2) is 16.7 Å². The van der Waals surface area contributed by atoms with E-state index in [-0.39, 0.29) is 6.04 Å². The van der Waals surface area contributed by atoms with E-state index >= 15 is 0 Å². The summed E-state index contributed by atoms with van der Waals surface area (Å²) >= 11 is 0. The van der Waals surface area contributed by atoms with Crippen molar-refractivity contribution >= 4 is 0 Å². The Morgan fingerprint density at radius 3 is 3.18 bits per heavy atom. The summed E-state index contributed by atoms with van der Waals surface area (Å²) in [5.74, 6) is 2.97. The van der Waals surface area contributed by atoms with Crippen LogP contribution < -0.4 is 5.32 Å². The Morgan fingerprint density at radius 2 is 2.27 bits per heavy atom. The second-order valence-corrected chi connectivity index (χ2v) is 6.15. The SMILES string of the molecule is COCc1nc2n(n1)CCC[C@H]2N[C@@H]1CCCc2occc21. The van der Waals surface area contributed by atoms with Crippen molar-refractivity contribution < 1.29 is 9.15 Å². The molecule has 1 aliphatic heterocycles. The number of fused-ring (bicyclic) bond motifs is 2. The molecule has 0 fully saturated rings. The summed E-state index contributed by atoms with van der Waals surface area (Å²) in [6.45, 7) is 1.42. The Balaban J connectivity index is 1.56. The molecule has 0 unspecified atom stereocenters. The molecule has 6 nitrogen and oxygen atoms in total. The molecule has 0 saturated heterocycles. The molecule has 4 rings (SSSR count). The van der Waals surface area contributed by atoms with E-state index in [0.29, 0.717) is 12.6 Å². The van der Waals surface area contributed by atoms with E-state index in [4.69, 9.17) is 9.15 Å². The first-order chi connectivity index (χ1) is 10.8. The highest BCUT2D eigenvalue weighted by Gasteiger charge is 2.29. The van der Waals surface area contributed by atoms with Crippen LogP contribution in [0.4, 0.5) is 0 Å². The number of aryl methyl sites for hydroxylation is 2. The summed E-state index contributed by atoms with van der Waals surface area (Å²) in [6, 6.07) is 2.73. The van der Waals surface area contributed by atoms with Crippen molar-refractivity contribution in [1.82, 2.24) is 20.1 Å². The molecule has 2 aromatic heterocycles. The average Bonchev–Trinajstić information content (AvgIpc) is 3.14. The first-order valence-corrected chi connectivity index (χ1v) is 8.10. The Kier molecular flexibility index (Phi) is 3.72. The number of furan rings is 1. The maximum atomic E-state index is 5.59. The molecule has 0 bridgehead atoms. The smallest absolute Gasteiger partial charge is 0.176 e. The van der Waals surface area contributed by atoms with Gasteiger partial charge in [-0.1, -0.05) is 0 Å². The van der Waals surface area contributed by atoms with Crippen LogP contribution in [-0.4, -0.2) is 21.9 Å². The van der Waals surface area contributed by atoms with Gasteiger partial charge in [0.1, 0.15) is 18.2 Å². The number of nitrogens with zero attached hydrogens (tertiary/aromatic N) is 3. The van der Waals surface area contributed by atoms with E-state index in [1.54, 1.807) is 7.11 Å². The molecule has 1 aliphatic carbocycles. The minimum Gasteiger partial charge on any atom is -0.469 e. The minimum atomic E-state index is 0.262. The van der Waals surface area contributed by atoms with Crippen molar-refractivity contribution in [3.63, 3.8) is 0 Å². The molecule has 3 heterocycles. The number of methoxy groups -OCH3 is 1. The zero-order valence-electron chi connectivity index (χ0n) is 12.9. The van der Waals surface area contributed by atoms with Gasteiger partial charge in [0.2, 0.25) is 0 Å². The highest BCUT2D eigenvalue weighted by Crippen LogP contribution is 2.34. The fraction of sp³-hybridized carbons (Fsp3) is 0.625. The van der Waals surface area contributed by atoms with Crippen molar-refractivity contribution in [1.29, 1.82) is 0 Å². The van der Waals surface area contributed by atoms with Crippen molar-refractivity contribution in [3.05, 3.63) is 35.3 Å². The van der Waals surface area contributed by atoms with Gasteiger partial charge in [-0.25, -0.2) is 9.67 Å². The Hall–Kier alpha value is -1.66. The summed E-state index contributed by atoms with van der Waals surface area (Å²) in [6.07, 6.45) is 7.43.